The van der Waals surface area contributed by atoms with Gasteiger partial charge in [0.25, 0.3) is 0 Å². The second-order valence-electron chi connectivity index (χ2n) is 4.49. The second-order valence-corrected chi connectivity index (χ2v) is 6.65. The Morgan fingerprint density at radius 1 is 1.21 bits per heavy atom. The maximum atomic E-state index is 13.9. The molecule has 0 aliphatic carbocycles. The van der Waals surface area contributed by atoms with Crippen molar-refractivity contribution in [3.8, 4) is 0 Å². The molecule has 2 aromatic rings. The van der Waals surface area contributed by atoms with Gasteiger partial charge in [0.15, 0.2) is 0 Å². The van der Waals surface area contributed by atoms with E-state index in [0.717, 1.165) is 15.7 Å². The van der Waals surface area contributed by atoms with Crippen LogP contribution in [-0.2, 0) is 0 Å². The lowest BCUT2D eigenvalue weighted by Gasteiger charge is -2.18. The first-order valence-corrected chi connectivity index (χ1v) is 7.82. The molecule has 4 heteroatoms. The molecule has 0 bridgehead atoms. The Bertz CT molecular complexity index is 601. The topological polar surface area (TPSA) is 12.0 Å². The predicted molar refractivity (Wildman–Crippen MR) is 90.0 cm³/mol. The zero-order valence-electron chi connectivity index (χ0n) is 10.7. The SMILES string of the molecule is Cc1cc(I)ccc1NC(C)c1ccc(Br)cc1F. The fourth-order valence-corrected chi connectivity index (χ4v) is 2.93. The largest absolute Gasteiger partial charge is 0.378 e. The van der Waals surface area contributed by atoms with Gasteiger partial charge in [0.1, 0.15) is 5.82 Å². The van der Waals surface area contributed by atoms with Crippen molar-refractivity contribution in [3.05, 3.63) is 61.4 Å². The molecule has 19 heavy (non-hydrogen) atoms. The highest BCUT2D eigenvalue weighted by Gasteiger charge is 2.12. The smallest absolute Gasteiger partial charge is 0.129 e. The maximum absolute atomic E-state index is 13.9. The summed E-state index contributed by atoms with van der Waals surface area (Å²) in [6.45, 7) is 4.01. The van der Waals surface area contributed by atoms with E-state index >= 15 is 0 Å². The lowest BCUT2D eigenvalue weighted by Crippen LogP contribution is -2.09. The first kappa shape index (κ1) is 14.8. The Hall–Kier alpha value is -0.620. The molecule has 0 fully saturated rings. The number of hydrogen-bond donors (Lipinski definition) is 1. The van der Waals surface area contributed by atoms with Crippen molar-refractivity contribution >= 4 is 44.2 Å². The van der Waals surface area contributed by atoms with E-state index in [0.29, 0.717) is 5.56 Å². The van der Waals surface area contributed by atoms with E-state index in [9.17, 15) is 4.39 Å². The van der Waals surface area contributed by atoms with Crippen LogP contribution in [0, 0.1) is 16.3 Å². The number of anilines is 1. The molecule has 100 valence electrons. The molecular formula is C15H14BrFIN. The zero-order valence-corrected chi connectivity index (χ0v) is 14.4. The van der Waals surface area contributed by atoms with Crippen LogP contribution in [0.4, 0.5) is 10.1 Å². The van der Waals surface area contributed by atoms with Crippen molar-refractivity contribution in [2.75, 3.05) is 5.32 Å². The van der Waals surface area contributed by atoms with E-state index in [1.54, 1.807) is 6.07 Å². The van der Waals surface area contributed by atoms with Gasteiger partial charge in [-0.3, -0.25) is 0 Å². The summed E-state index contributed by atoms with van der Waals surface area (Å²) in [5.41, 5.74) is 2.87. The molecule has 0 spiro atoms. The van der Waals surface area contributed by atoms with Gasteiger partial charge in [0.05, 0.1) is 6.04 Å². The van der Waals surface area contributed by atoms with Crippen LogP contribution < -0.4 is 5.32 Å². The van der Waals surface area contributed by atoms with Crippen LogP contribution in [0.3, 0.4) is 0 Å². The van der Waals surface area contributed by atoms with Crippen molar-refractivity contribution in [2.45, 2.75) is 19.9 Å². The van der Waals surface area contributed by atoms with Crippen LogP contribution in [0.2, 0.25) is 0 Å². The third-order valence-corrected chi connectivity index (χ3v) is 4.15. The van der Waals surface area contributed by atoms with Gasteiger partial charge in [-0.25, -0.2) is 4.39 Å². The number of benzene rings is 2. The highest BCUT2D eigenvalue weighted by Crippen LogP contribution is 2.26. The van der Waals surface area contributed by atoms with Crippen molar-refractivity contribution in [3.63, 3.8) is 0 Å². The van der Waals surface area contributed by atoms with Crippen molar-refractivity contribution in [1.82, 2.24) is 0 Å². The van der Waals surface area contributed by atoms with Gasteiger partial charge < -0.3 is 5.32 Å². The number of nitrogens with one attached hydrogen (secondary N) is 1. The molecule has 0 aromatic heterocycles. The maximum Gasteiger partial charge on any atom is 0.129 e. The molecule has 1 atom stereocenters. The molecule has 1 nitrogen and oxygen atoms in total. The molecule has 0 aliphatic heterocycles. The van der Waals surface area contributed by atoms with Crippen LogP contribution in [0.1, 0.15) is 24.1 Å². The lowest BCUT2D eigenvalue weighted by atomic mass is 10.1. The summed E-state index contributed by atoms with van der Waals surface area (Å²) >= 11 is 5.55. The van der Waals surface area contributed by atoms with E-state index in [-0.39, 0.29) is 11.9 Å². The highest BCUT2D eigenvalue weighted by atomic mass is 127. The third-order valence-electron chi connectivity index (χ3n) is 2.99. The Balaban J connectivity index is 2.23. The van der Waals surface area contributed by atoms with Gasteiger partial charge in [-0.15, -0.1) is 0 Å². The molecule has 1 N–H and O–H groups in total. The molecule has 0 saturated carbocycles. The normalized spacial score (nSPS) is 12.3. The van der Waals surface area contributed by atoms with Gasteiger partial charge in [0.2, 0.25) is 0 Å². The summed E-state index contributed by atoms with van der Waals surface area (Å²) in [7, 11) is 0. The molecule has 0 saturated heterocycles. The Morgan fingerprint density at radius 3 is 2.58 bits per heavy atom. The summed E-state index contributed by atoms with van der Waals surface area (Å²) in [5.74, 6) is -0.197. The first-order valence-electron chi connectivity index (χ1n) is 5.95. The quantitative estimate of drug-likeness (QED) is 0.614. The average molecular weight is 434 g/mol. The summed E-state index contributed by atoms with van der Waals surface area (Å²) in [6, 6.07) is 11.3. The van der Waals surface area contributed by atoms with Crippen LogP contribution in [0.5, 0.6) is 0 Å². The molecular weight excluding hydrogens is 420 g/mol. The van der Waals surface area contributed by atoms with Crippen LogP contribution >= 0.6 is 38.5 Å². The van der Waals surface area contributed by atoms with Gasteiger partial charge in [0, 0.05) is 19.3 Å². The summed E-state index contributed by atoms with van der Waals surface area (Å²) < 4.78 is 15.9. The highest BCUT2D eigenvalue weighted by molar-refractivity contribution is 14.1. The van der Waals surface area contributed by atoms with Crippen molar-refractivity contribution in [2.24, 2.45) is 0 Å². The molecule has 1 unspecified atom stereocenters. The lowest BCUT2D eigenvalue weighted by molar-refractivity contribution is 0.599. The Kier molecular flexibility index (Phi) is 4.84. The van der Waals surface area contributed by atoms with E-state index in [4.69, 9.17) is 0 Å². The van der Waals surface area contributed by atoms with Crippen LogP contribution in [-0.4, -0.2) is 0 Å². The first-order chi connectivity index (χ1) is 8.97. The summed E-state index contributed by atoms with van der Waals surface area (Å²) in [5, 5.41) is 3.36. The van der Waals surface area contributed by atoms with Crippen LogP contribution in [0.25, 0.3) is 0 Å². The molecule has 2 rings (SSSR count). The molecule has 0 radical (unpaired) electrons. The van der Waals surface area contributed by atoms with Gasteiger partial charge in [-0.05, 0) is 72.3 Å². The zero-order chi connectivity index (χ0) is 14.0. The summed E-state index contributed by atoms with van der Waals surface area (Å²) in [4.78, 5) is 0. The van der Waals surface area contributed by atoms with Crippen molar-refractivity contribution < 1.29 is 4.39 Å². The average Bonchev–Trinajstić information content (AvgIpc) is 2.32. The third kappa shape index (κ3) is 3.69. The summed E-state index contributed by atoms with van der Waals surface area (Å²) in [6.07, 6.45) is 0. The molecule has 0 amide bonds. The molecule has 2 aromatic carbocycles. The Morgan fingerprint density at radius 2 is 1.95 bits per heavy atom. The molecule has 0 aliphatic rings. The minimum atomic E-state index is -0.197. The van der Waals surface area contributed by atoms with E-state index in [2.05, 4.69) is 56.8 Å². The minimum absolute atomic E-state index is 0.0770. The fraction of sp³-hybridized carbons (Fsp3) is 0.200. The second kappa shape index (κ2) is 6.22. The van der Waals surface area contributed by atoms with E-state index in [1.807, 2.05) is 25.1 Å². The minimum Gasteiger partial charge on any atom is -0.378 e. The fourth-order valence-electron chi connectivity index (χ4n) is 1.95. The van der Waals surface area contributed by atoms with Crippen LogP contribution in [0.15, 0.2) is 40.9 Å². The van der Waals surface area contributed by atoms with Gasteiger partial charge in [-0.2, -0.15) is 0 Å². The Labute approximate surface area is 134 Å². The van der Waals surface area contributed by atoms with E-state index in [1.165, 1.54) is 9.64 Å². The van der Waals surface area contributed by atoms with Gasteiger partial charge >= 0.3 is 0 Å². The molecule has 0 heterocycles. The van der Waals surface area contributed by atoms with Crippen molar-refractivity contribution in [1.29, 1.82) is 0 Å². The number of hydrogen-bond acceptors (Lipinski definition) is 1. The number of aryl methyl sites for hydroxylation is 1. The predicted octanol–water partition coefficient (Wildman–Crippen LogP) is 5.67. The van der Waals surface area contributed by atoms with Gasteiger partial charge in [-0.1, -0.05) is 22.0 Å². The standard InChI is InChI=1S/C15H14BrFIN/c1-9-7-12(18)4-6-15(9)19-10(2)13-5-3-11(16)8-14(13)17/h3-8,10,19H,1-2H3. The number of halogens is 3. The number of rotatable bonds is 3. The van der Waals surface area contributed by atoms with E-state index < -0.39 is 0 Å². The monoisotopic (exact) mass is 433 g/mol.